The molecule has 26 heavy (non-hydrogen) atoms. The van der Waals surface area contributed by atoms with Crippen molar-refractivity contribution in [1.29, 1.82) is 0 Å². The van der Waals surface area contributed by atoms with Crippen molar-refractivity contribution in [3.63, 3.8) is 0 Å². The van der Waals surface area contributed by atoms with Crippen molar-refractivity contribution in [2.75, 3.05) is 20.2 Å². The fourth-order valence-electron chi connectivity index (χ4n) is 2.56. The van der Waals surface area contributed by atoms with Crippen LogP contribution in [0.2, 0.25) is 0 Å². The first-order valence-electron chi connectivity index (χ1n) is 9.89. The van der Waals surface area contributed by atoms with Gasteiger partial charge in [-0.25, -0.2) is 0 Å². The number of nitrogens with two attached hydrogens (primary N) is 1. The highest BCUT2D eigenvalue weighted by molar-refractivity contribution is 5.87. The minimum atomic E-state index is -0.466. The summed E-state index contributed by atoms with van der Waals surface area (Å²) >= 11 is 0. The average Bonchev–Trinajstić information content (AvgIpc) is 2.64. The van der Waals surface area contributed by atoms with E-state index in [0.29, 0.717) is 32.4 Å². The molecule has 152 valence electrons. The minimum Gasteiger partial charge on any atom is -0.469 e. The molecule has 0 heterocycles. The molecule has 0 saturated heterocycles. The lowest BCUT2D eigenvalue weighted by Gasteiger charge is -2.18. The molecule has 4 N–H and O–H groups in total. The van der Waals surface area contributed by atoms with E-state index in [9.17, 15) is 14.4 Å². The van der Waals surface area contributed by atoms with Gasteiger partial charge < -0.3 is 21.1 Å². The van der Waals surface area contributed by atoms with Crippen LogP contribution in [-0.2, 0) is 19.1 Å². The summed E-state index contributed by atoms with van der Waals surface area (Å²) in [5.41, 5.74) is 5.44. The van der Waals surface area contributed by atoms with Gasteiger partial charge in [-0.3, -0.25) is 14.4 Å². The number of carbonyl (C=O) groups excluding carboxylic acids is 3. The van der Waals surface area contributed by atoms with Gasteiger partial charge in [0.05, 0.1) is 7.11 Å². The van der Waals surface area contributed by atoms with Gasteiger partial charge in [0.15, 0.2) is 0 Å². The number of unbranched alkanes of at least 4 members (excludes halogenated alkanes) is 5. The van der Waals surface area contributed by atoms with Crippen LogP contribution in [0.25, 0.3) is 0 Å². The number of nitrogens with one attached hydrogen (secondary N) is 2. The van der Waals surface area contributed by atoms with Crippen LogP contribution in [0.4, 0.5) is 0 Å². The largest absolute Gasteiger partial charge is 0.469 e. The first kappa shape index (κ1) is 24.4. The summed E-state index contributed by atoms with van der Waals surface area (Å²) < 4.78 is 4.59. The Hall–Kier alpha value is -1.63. The van der Waals surface area contributed by atoms with Gasteiger partial charge in [0.2, 0.25) is 11.8 Å². The topological polar surface area (TPSA) is 111 Å². The van der Waals surface area contributed by atoms with Gasteiger partial charge in [0, 0.05) is 19.4 Å². The lowest BCUT2D eigenvalue weighted by atomic mass is 10.1. The molecule has 0 unspecified atom stereocenters. The second-order valence-electron chi connectivity index (χ2n) is 6.54. The fraction of sp³-hybridized carbons (Fsp3) is 0.842. The predicted octanol–water partition coefficient (Wildman–Crippen LogP) is 2.03. The molecule has 2 amide bonds. The molecule has 0 bridgehead atoms. The molecule has 7 heteroatoms. The lowest BCUT2D eigenvalue weighted by molar-refractivity contribution is -0.140. The van der Waals surface area contributed by atoms with Crippen LogP contribution in [0.15, 0.2) is 0 Å². The van der Waals surface area contributed by atoms with Gasteiger partial charge in [0.1, 0.15) is 6.04 Å². The number of carbonyl (C=O) groups is 3. The molecule has 0 aromatic carbocycles. The Morgan fingerprint density at radius 1 is 0.962 bits per heavy atom. The third-order valence-electron chi connectivity index (χ3n) is 4.19. The lowest BCUT2D eigenvalue weighted by Crippen LogP contribution is -2.46. The summed E-state index contributed by atoms with van der Waals surface area (Å²) in [6.07, 6.45) is 8.41. The Kier molecular flexibility index (Phi) is 15.8. The first-order valence-corrected chi connectivity index (χ1v) is 9.89. The van der Waals surface area contributed by atoms with Crippen molar-refractivity contribution in [2.24, 2.45) is 5.73 Å². The highest BCUT2D eigenvalue weighted by Crippen LogP contribution is 2.05. The maximum Gasteiger partial charge on any atom is 0.305 e. The average molecular weight is 372 g/mol. The second kappa shape index (κ2) is 16.8. The quantitative estimate of drug-likeness (QED) is 0.284. The smallest absolute Gasteiger partial charge is 0.305 e. The molecule has 0 fully saturated rings. The zero-order valence-electron chi connectivity index (χ0n) is 16.5. The standard InChI is InChI=1S/C19H37N3O4/c1-3-4-11-16(22-17(23)12-7-5-9-14-20)19(25)21-15-10-6-8-13-18(24)26-2/h16H,3-15,20H2,1-2H3,(H,21,25)(H,22,23)/t16-/m0/s1. The minimum absolute atomic E-state index is 0.0728. The molecule has 7 nitrogen and oxygen atoms in total. The molecule has 0 aromatic heterocycles. The predicted molar refractivity (Wildman–Crippen MR) is 102 cm³/mol. The van der Waals surface area contributed by atoms with E-state index in [1.54, 1.807) is 0 Å². The normalized spacial score (nSPS) is 11.7. The highest BCUT2D eigenvalue weighted by atomic mass is 16.5. The Morgan fingerprint density at radius 2 is 1.65 bits per heavy atom. The van der Waals surface area contributed by atoms with Crippen molar-refractivity contribution in [1.82, 2.24) is 10.6 Å². The molecule has 0 aliphatic rings. The van der Waals surface area contributed by atoms with Crippen LogP contribution in [0.3, 0.4) is 0 Å². The van der Waals surface area contributed by atoms with Crippen LogP contribution in [0.5, 0.6) is 0 Å². The van der Waals surface area contributed by atoms with Gasteiger partial charge in [-0.2, -0.15) is 0 Å². The van der Waals surface area contributed by atoms with E-state index < -0.39 is 6.04 Å². The SMILES string of the molecule is CCCC[C@H](NC(=O)CCCCCN)C(=O)NCCCCCC(=O)OC. The summed E-state index contributed by atoms with van der Waals surface area (Å²) in [7, 11) is 1.38. The molecule has 0 aliphatic heterocycles. The summed E-state index contributed by atoms with van der Waals surface area (Å²) in [5, 5.41) is 5.75. The second-order valence-corrected chi connectivity index (χ2v) is 6.54. The molecule has 0 aliphatic carbocycles. The number of hydrogen-bond donors (Lipinski definition) is 3. The van der Waals surface area contributed by atoms with Crippen LogP contribution in [0.1, 0.15) is 77.6 Å². The Balaban J connectivity index is 4.09. The maximum absolute atomic E-state index is 12.3. The summed E-state index contributed by atoms with van der Waals surface area (Å²) in [4.78, 5) is 35.4. The van der Waals surface area contributed by atoms with Crippen LogP contribution >= 0.6 is 0 Å². The van der Waals surface area contributed by atoms with Gasteiger partial charge in [0.25, 0.3) is 0 Å². The van der Waals surface area contributed by atoms with Crippen LogP contribution in [-0.4, -0.2) is 44.0 Å². The summed E-state index contributed by atoms with van der Waals surface area (Å²) in [6.45, 7) is 3.25. The van der Waals surface area contributed by atoms with Crippen molar-refractivity contribution >= 4 is 17.8 Å². The molecule has 0 saturated carbocycles. The monoisotopic (exact) mass is 371 g/mol. The number of ether oxygens (including phenoxy) is 1. The van der Waals surface area contributed by atoms with Gasteiger partial charge >= 0.3 is 5.97 Å². The Morgan fingerprint density at radius 3 is 2.31 bits per heavy atom. The van der Waals surface area contributed by atoms with Crippen molar-refractivity contribution in [3.05, 3.63) is 0 Å². The maximum atomic E-state index is 12.3. The van der Waals surface area contributed by atoms with Gasteiger partial charge in [-0.15, -0.1) is 0 Å². The van der Waals surface area contributed by atoms with E-state index in [1.807, 2.05) is 0 Å². The van der Waals surface area contributed by atoms with Crippen molar-refractivity contribution < 1.29 is 19.1 Å². The number of rotatable bonds is 16. The summed E-state index contributed by atoms with van der Waals surface area (Å²) in [6, 6.07) is -0.466. The van der Waals surface area contributed by atoms with Crippen LogP contribution < -0.4 is 16.4 Å². The molecule has 0 radical (unpaired) electrons. The zero-order valence-corrected chi connectivity index (χ0v) is 16.5. The van der Waals surface area contributed by atoms with E-state index in [2.05, 4.69) is 22.3 Å². The van der Waals surface area contributed by atoms with Gasteiger partial charge in [-0.1, -0.05) is 32.6 Å². The molecule has 1 atom stereocenters. The van der Waals surface area contributed by atoms with E-state index in [4.69, 9.17) is 5.73 Å². The Bertz CT molecular complexity index is 402. The summed E-state index contributed by atoms with van der Waals surface area (Å²) in [5.74, 6) is -0.402. The number of hydrogen-bond acceptors (Lipinski definition) is 5. The molecule has 0 rings (SSSR count). The number of esters is 1. The molecule has 0 spiro atoms. The number of methoxy groups -OCH3 is 1. The van der Waals surface area contributed by atoms with E-state index >= 15 is 0 Å². The van der Waals surface area contributed by atoms with Crippen molar-refractivity contribution in [2.45, 2.75) is 83.6 Å². The fourth-order valence-corrected chi connectivity index (χ4v) is 2.56. The van der Waals surface area contributed by atoms with Crippen LogP contribution in [0, 0.1) is 0 Å². The highest BCUT2D eigenvalue weighted by Gasteiger charge is 2.19. The third kappa shape index (κ3) is 13.6. The van der Waals surface area contributed by atoms with Gasteiger partial charge in [-0.05, 0) is 38.6 Å². The third-order valence-corrected chi connectivity index (χ3v) is 4.19. The zero-order chi connectivity index (χ0) is 19.6. The van der Waals surface area contributed by atoms with Crippen molar-refractivity contribution in [3.8, 4) is 0 Å². The first-order chi connectivity index (χ1) is 12.5. The number of amides is 2. The van der Waals surface area contributed by atoms with E-state index in [-0.39, 0.29) is 17.8 Å². The molecule has 0 aromatic rings. The van der Waals surface area contributed by atoms with E-state index in [1.165, 1.54) is 7.11 Å². The molecular formula is C19H37N3O4. The Labute approximate surface area is 157 Å². The molecular weight excluding hydrogens is 334 g/mol. The van der Waals surface area contributed by atoms with E-state index in [0.717, 1.165) is 51.4 Å².